The molecule has 4 nitrogen and oxygen atoms in total. The third-order valence-electron chi connectivity index (χ3n) is 3.53. The number of rotatable bonds is 1. The zero-order valence-corrected chi connectivity index (χ0v) is 11.2. The standard InChI is InChI=1S/C13H12BrNO3/c14-7-11(16)15-12-9-4-2-1-3-8(9)5-6-10(12)18-13(15)17/h1-4,10,12H,5-7H2/t10-,12-/m0/s1. The summed E-state index contributed by atoms with van der Waals surface area (Å²) in [5.41, 5.74) is 2.23. The lowest BCUT2D eigenvalue weighted by atomic mass is 9.85. The summed E-state index contributed by atoms with van der Waals surface area (Å²) in [5.74, 6) is -0.246. The van der Waals surface area contributed by atoms with E-state index in [0.717, 1.165) is 18.4 Å². The highest BCUT2D eigenvalue weighted by molar-refractivity contribution is 9.09. The smallest absolute Gasteiger partial charge is 0.417 e. The second-order valence-corrected chi connectivity index (χ2v) is 5.06. The van der Waals surface area contributed by atoms with E-state index in [0.29, 0.717) is 0 Å². The van der Waals surface area contributed by atoms with Crippen molar-refractivity contribution in [3.8, 4) is 0 Å². The van der Waals surface area contributed by atoms with Gasteiger partial charge in [0.1, 0.15) is 12.1 Å². The molecule has 0 unspecified atom stereocenters. The Bertz CT molecular complexity index is 517. The quantitative estimate of drug-likeness (QED) is 0.748. The first-order valence-electron chi connectivity index (χ1n) is 5.89. The lowest BCUT2D eigenvalue weighted by Gasteiger charge is -2.29. The van der Waals surface area contributed by atoms with Crippen LogP contribution < -0.4 is 0 Å². The minimum absolute atomic E-state index is 0.132. The second-order valence-electron chi connectivity index (χ2n) is 4.50. The monoisotopic (exact) mass is 309 g/mol. The normalized spacial score (nSPS) is 25.4. The molecule has 5 heteroatoms. The SMILES string of the molecule is O=C(CBr)N1C(=O)O[C@H]2CCc3ccccc3[C@@H]21. The molecule has 2 aliphatic rings. The van der Waals surface area contributed by atoms with Crippen molar-refractivity contribution in [2.24, 2.45) is 0 Å². The van der Waals surface area contributed by atoms with Gasteiger partial charge in [-0.05, 0) is 24.0 Å². The van der Waals surface area contributed by atoms with Crippen LogP contribution in [0.1, 0.15) is 23.6 Å². The van der Waals surface area contributed by atoms with Gasteiger partial charge in [0.05, 0.1) is 5.33 Å². The Morgan fingerprint density at radius 3 is 3.00 bits per heavy atom. The number of halogens is 1. The zero-order valence-electron chi connectivity index (χ0n) is 9.64. The Hall–Kier alpha value is -1.36. The van der Waals surface area contributed by atoms with Crippen LogP contribution in [0.4, 0.5) is 4.79 Å². The number of nitrogens with zero attached hydrogens (tertiary/aromatic N) is 1. The number of fused-ring (bicyclic) bond motifs is 3. The summed E-state index contributed by atoms with van der Waals surface area (Å²) in [4.78, 5) is 24.9. The average Bonchev–Trinajstić information content (AvgIpc) is 2.74. The highest BCUT2D eigenvalue weighted by Crippen LogP contribution is 2.41. The van der Waals surface area contributed by atoms with E-state index in [1.54, 1.807) is 0 Å². The fourth-order valence-corrected chi connectivity index (χ4v) is 3.03. The number of aryl methyl sites for hydroxylation is 1. The first-order valence-corrected chi connectivity index (χ1v) is 7.01. The average molecular weight is 310 g/mol. The lowest BCUT2D eigenvalue weighted by Crippen LogP contribution is -2.37. The lowest BCUT2D eigenvalue weighted by molar-refractivity contribution is -0.126. The van der Waals surface area contributed by atoms with Crippen molar-refractivity contribution >= 4 is 27.9 Å². The molecular weight excluding hydrogens is 298 g/mol. The van der Waals surface area contributed by atoms with E-state index in [1.807, 2.05) is 24.3 Å². The minimum Gasteiger partial charge on any atom is -0.443 e. The van der Waals surface area contributed by atoms with Crippen molar-refractivity contribution in [2.45, 2.75) is 25.0 Å². The maximum absolute atomic E-state index is 11.9. The van der Waals surface area contributed by atoms with Gasteiger partial charge in [-0.2, -0.15) is 0 Å². The van der Waals surface area contributed by atoms with Gasteiger partial charge in [-0.1, -0.05) is 40.2 Å². The van der Waals surface area contributed by atoms with Crippen LogP contribution in [0, 0.1) is 0 Å². The van der Waals surface area contributed by atoms with Gasteiger partial charge in [-0.25, -0.2) is 9.69 Å². The van der Waals surface area contributed by atoms with Crippen LogP contribution in [0.5, 0.6) is 0 Å². The summed E-state index contributed by atoms with van der Waals surface area (Å²) in [6, 6.07) is 7.68. The molecular formula is C13H12BrNO3. The van der Waals surface area contributed by atoms with Gasteiger partial charge in [0.25, 0.3) is 0 Å². The van der Waals surface area contributed by atoms with Gasteiger partial charge >= 0.3 is 6.09 Å². The molecule has 1 heterocycles. The molecule has 1 aliphatic heterocycles. The van der Waals surface area contributed by atoms with E-state index in [-0.39, 0.29) is 23.4 Å². The molecule has 94 valence electrons. The van der Waals surface area contributed by atoms with Gasteiger partial charge in [-0.15, -0.1) is 0 Å². The van der Waals surface area contributed by atoms with E-state index in [2.05, 4.69) is 15.9 Å². The van der Waals surface area contributed by atoms with Crippen LogP contribution in [0.3, 0.4) is 0 Å². The fraction of sp³-hybridized carbons (Fsp3) is 0.385. The summed E-state index contributed by atoms with van der Waals surface area (Å²) in [7, 11) is 0. The molecule has 1 aliphatic carbocycles. The Morgan fingerprint density at radius 1 is 1.44 bits per heavy atom. The van der Waals surface area contributed by atoms with Crippen molar-refractivity contribution in [1.29, 1.82) is 0 Å². The summed E-state index contributed by atoms with van der Waals surface area (Å²) >= 11 is 3.11. The highest BCUT2D eigenvalue weighted by atomic mass is 79.9. The molecule has 2 atom stereocenters. The predicted molar refractivity (Wildman–Crippen MR) is 68.4 cm³/mol. The fourth-order valence-electron chi connectivity index (χ4n) is 2.76. The number of carbonyl (C=O) groups excluding carboxylic acids is 2. The van der Waals surface area contributed by atoms with Gasteiger partial charge in [0.15, 0.2) is 0 Å². The molecule has 1 aromatic carbocycles. The summed E-state index contributed by atoms with van der Waals surface area (Å²) < 4.78 is 5.30. The Labute approximate surface area is 113 Å². The van der Waals surface area contributed by atoms with Crippen molar-refractivity contribution in [2.75, 3.05) is 5.33 Å². The zero-order chi connectivity index (χ0) is 12.7. The molecule has 2 amide bonds. The molecule has 0 N–H and O–H groups in total. The van der Waals surface area contributed by atoms with E-state index in [1.165, 1.54) is 10.5 Å². The van der Waals surface area contributed by atoms with Crippen LogP contribution in [-0.4, -0.2) is 28.3 Å². The maximum atomic E-state index is 11.9. The molecule has 3 rings (SSSR count). The summed E-state index contributed by atoms with van der Waals surface area (Å²) in [5, 5.41) is 0.132. The van der Waals surface area contributed by atoms with E-state index in [4.69, 9.17) is 4.74 Å². The molecule has 0 bridgehead atoms. The maximum Gasteiger partial charge on any atom is 0.417 e. The number of imide groups is 1. The molecule has 1 fully saturated rings. The number of amides is 2. The van der Waals surface area contributed by atoms with Crippen molar-refractivity contribution in [3.05, 3.63) is 35.4 Å². The third-order valence-corrected chi connectivity index (χ3v) is 4.01. The molecule has 1 aromatic rings. The predicted octanol–water partition coefficient (Wildman–Crippen LogP) is 2.42. The van der Waals surface area contributed by atoms with Crippen molar-refractivity contribution < 1.29 is 14.3 Å². The van der Waals surface area contributed by atoms with E-state index >= 15 is 0 Å². The molecule has 0 radical (unpaired) electrons. The number of alkyl halides is 1. The van der Waals surface area contributed by atoms with E-state index in [9.17, 15) is 9.59 Å². The summed E-state index contributed by atoms with van der Waals surface area (Å²) in [6.45, 7) is 0. The van der Waals surface area contributed by atoms with Crippen LogP contribution in [-0.2, 0) is 16.0 Å². The number of carbonyl (C=O) groups is 2. The third kappa shape index (κ3) is 1.65. The summed E-state index contributed by atoms with van der Waals surface area (Å²) in [6.07, 6.45) is 0.946. The molecule has 0 aromatic heterocycles. The van der Waals surface area contributed by atoms with Crippen LogP contribution in [0.15, 0.2) is 24.3 Å². The second kappa shape index (κ2) is 4.39. The first-order chi connectivity index (χ1) is 8.72. The Balaban J connectivity index is 2.05. The number of hydrogen-bond donors (Lipinski definition) is 0. The molecule has 0 saturated carbocycles. The van der Waals surface area contributed by atoms with Gasteiger partial charge in [0, 0.05) is 0 Å². The molecule has 1 saturated heterocycles. The number of ether oxygens (including phenoxy) is 1. The molecule has 18 heavy (non-hydrogen) atoms. The van der Waals surface area contributed by atoms with Gasteiger partial charge < -0.3 is 4.74 Å². The topological polar surface area (TPSA) is 46.6 Å². The van der Waals surface area contributed by atoms with Crippen LogP contribution in [0.25, 0.3) is 0 Å². The van der Waals surface area contributed by atoms with E-state index < -0.39 is 6.09 Å². The highest BCUT2D eigenvalue weighted by Gasteiger charge is 2.47. The largest absolute Gasteiger partial charge is 0.443 e. The minimum atomic E-state index is -0.522. The van der Waals surface area contributed by atoms with Crippen LogP contribution in [0.2, 0.25) is 0 Å². The van der Waals surface area contributed by atoms with Crippen LogP contribution >= 0.6 is 15.9 Å². The number of hydrogen-bond acceptors (Lipinski definition) is 3. The Morgan fingerprint density at radius 2 is 2.22 bits per heavy atom. The molecule has 0 spiro atoms. The van der Waals surface area contributed by atoms with Crippen molar-refractivity contribution in [3.63, 3.8) is 0 Å². The van der Waals surface area contributed by atoms with Gasteiger partial charge in [0.2, 0.25) is 5.91 Å². The first kappa shape index (κ1) is 11.7. The Kier molecular flexibility index (Phi) is 2.86. The van der Waals surface area contributed by atoms with Gasteiger partial charge in [-0.3, -0.25) is 4.79 Å². The van der Waals surface area contributed by atoms with Crippen molar-refractivity contribution in [1.82, 2.24) is 4.90 Å². The number of benzene rings is 1.